The van der Waals surface area contributed by atoms with Crippen molar-refractivity contribution in [3.05, 3.63) is 24.2 Å². The molecule has 2 heterocycles. The number of amides is 1. The minimum absolute atomic E-state index is 0.367. The minimum Gasteiger partial charge on any atom is -0.468 e. The molecule has 1 atom stereocenters. The van der Waals surface area contributed by atoms with E-state index in [0.717, 1.165) is 49.8 Å². The molecule has 0 bridgehead atoms. The van der Waals surface area contributed by atoms with Gasteiger partial charge in [-0.1, -0.05) is 32.1 Å². The third kappa shape index (κ3) is 4.31. The smallest absolute Gasteiger partial charge is 0.222 e. The molecule has 1 unspecified atom stereocenters. The summed E-state index contributed by atoms with van der Waals surface area (Å²) in [6.45, 7) is 1.77. The molecule has 0 radical (unpaired) electrons. The standard InChI is InChI=1S/C18H27NO2S/c20-18(9-8-15-5-2-1-3-6-15)19-11-10-17(22-14-12-19)16-7-4-13-21-16/h4,7,13,15,17H,1-3,5-6,8-12,14H2. The fraction of sp³-hybridized carbons (Fsp3) is 0.722. The Morgan fingerprint density at radius 1 is 1.23 bits per heavy atom. The first kappa shape index (κ1) is 16.0. The van der Waals surface area contributed by atoms with E-state index in [-0.39, 0.29) is 0 Å². The first-order chi connectivity index (χ1) is 10.8. The zero-order valence-electron chi connectivity index (χ0n) is 13.3. The van der Waals surface area contributed by atoms with E-state index in [1.165, 1.54) is 32.1 Å². The second-order valence-electron chi connectivity index (χ2n) is 6.59. The summed E-state index contributed by atoms with van der Waals surface area (Å²) < 4.78 is 5.53. The molecule has 1 saturated carbocycles. The SMILES string of the molecule is O=C(CCC1CCCCC1)N1CCSC(c2ccco2)CC1. The molecule has 2 fully saturated rings. The Morgan fingerprint density at radius 3 is 2.86 bits per heavy atom. The Kier molecular flexibility index (Phi) is 5.88. The van der Waals surface area contributed by atoms with Gasteiger partial charge < -0.3 is 9.32 Å². The summed E-state index contributed by atoms with van der Waals surface area (Å²) in [5.74, 6) is 3.24. The number of nitrogens with zero attached hydrogens (tertiary/aromatic N) is 1. The van der Waals surface area contributed by atoms with Gasteiger partial charge in [0.25, 0.3) is 0 Å². The topological polar surface area (TPSA) is 33.5 Å². The van der Waals surface area contributed by atoms with Gasteiger partial charge in [-0.25, -0.2) is 0 Å². The lowest BCUT2D eigenvalue weighted by Gasteiger charge is -2.24. The molecule has 3 nitrogen and oxygen atoms in total. The highest BCUT2D eigenvalue weighted by atomic mass is 32.2. The summed E-state index contributed by atoms with van der Waals surface area (Å²) in [7, 11) is 0. The highest BCUT2D eigenvalue weighted by Crippen LogP contribution is 2.35. The number of carbonyl (C=O) groups excluding carboxylic acids is 1. The molecule has 2 aliphatic rings. The number of thioether (sulfide) groups is 1. The molecule has 0 aromatic carbocycles. The van der Waals surface area contributed by atoms with E-state index in [0.29, 0.717) is 11.2 Å². The third-order valence-electron chi connectivity index (χ3n) is 5.05. The Balaban J connectivity index is 1.44. The van der Waals surface area contributed by atoms with E-state index >= 15 is 0 Å². The van der Waals surface area contributed by atoms with E-state index in [1.807, 2.05) is 17.8 Å². The predicted octanol–water partition coefficient (Wildman–Crippen LogP) is 4.65. The molecule has 3 rings (SSSR count). The predicted molar refractivity (Wildman–Crippen MR) is 90.9 cm³/mol. The van der Waals surface area contributed by atoms with Crippen molar-refractivity contribution in [1.29, 1.82) is 0 Å². The van der Waals surface area contributed by atoms with Crippen molar-refractivity contribution in [1.82, 2.24) is 4.90 Å². The Bertz CT molecular complexity index is 454. The third-order valence-corrected chi connectivity index (χ3v) is 6.33. The van der Waals surface area contributed by atoms with Crippen LogP contribution in [0.2, 0.25) is 0 Å². The second kappa shape index (κ2) is 8.09. The summed E-state index contributed by atoms with van der Waals surface area (Å²) in [6.07, 6.45) is 11.4. The zero-order chi connectivity index (χ0) is 15.2. The monoisotopic (exact) mass is 321 g/mol. The highest BCUT2D eigenvalue weighted by Gasteiger charge is 2.24. The van der Waals surface area contributed by atoms with Crippen molar-refractivity contribution in [3.8, 4) is 0 Å². The Labute approximate surface area is 137 Å². The average Bonchev–Trinajstić information content (AvgIpc) is 2.98. The van der Waals surface area contributed by atoms with Crippen LogP contribution in [0.15, 0.2) is 22.8 Å². The summed E-state index contributed by atoms with van der Waals surface area (Å²) in [6, 6.07) is 4.01. The lowest BCUT2D eigenvalue weighted by Crippen LogP contribution is -2.33. The molecule has 1 aliphatic carbocycles. The largest absolute Gasteiger partial charge is 0.468 e. The molecule has 0 spiro atoms. The van der Waals surface area contributed by atoms with Gasteiger partial charge in [-0.15, -0.1) is 11.8 Å². The molecule has 22 heavy (non-hydrogen) atoms. The van der Waals surface area contributed by atoms with Gasteiger partial charge in [-0.3, -0.25) is 4.79 Å². The molecule has 0 N–H and O–H groups in total. The first-order valence-corrected chi connectivity index (χ1v) is 9.80. The van der Waals surface area contributed by atoms with Crippen molar-refractivity contribution in [2.45, 2.75) is 56.6 Å². The van der Waals surface area contributed by atoms with Crippen LogP contribution in [0.25, 0.3) is 0 Å². The van der Waals surface area contributed by atoms with Gasteiger partial charge >= 0.3 is 0 Å². The normalized spacial score (nSPS) is 24.2. The molecule has 1 aliphatic heterocycles. The van der Waals surface area contributed by atoms with Gasteiger partial charge in [0.05, 0.1) is 11.5 Å². The fourth-order valence-corrected chi connectivity index (χ4v) is 4.86. The van der Waals surface area contributed by atoms with Gasteiger partial charge in [0.15, 0.2) is 0 Å². The maximum absolute atomic E-state index is 12.5. The molecule has 4 heteroatoms. The molecule has 122 valence electrons. The number of hydrogen-bond acceptors (Lipinski definition) is 3. The van der Waals surface area contributed by atoms with Crippen molar-refractivity contribution in [2.24, 2.45) is 5.92 Å². The van der Waals surface area contributed by atoms with Crippen LogP contribution in [-0.4, -0.2) is 29.6 Å². The summed E-state index contributed by atoms with van der Waals surface area (Å²) in [5, 5.41) is 0.408. The highest BCUT2D eigenvalue weighted by molar-refractivity contribution is 7.99. The molecule has 1 saturated heterocycles. The van der Waals surface area contributed by atoms with Crippen LogP contribution >= 0.6 is 11.8 Å². The van der Waals surface area contributed by atoms with Crippen LogP contribution < -0.4 is 0 Å². The summed E-state index contributed by atoms with van der Waals surface area (Å²) in [4.78, 5) is 14.6. The fourth-order valence-electron chi connectivity index (χ4n) is 3.68. The number of rotatable bonds is 4. The lowest BCUT2D eigenvalue weighted by molar-refractivity contribution is -0.131. The van der Waals surface area contributed by atoms with E-state index in [2.05, 4.69) is 11.0 Å². The van der Waals surface area contributed by atoms with E-state index in [9.17, 15) is 4.79 Å². The van der Waals surface area contributed by atoms with Crippen LogP contribution in [0.3, 0.4) is 0 Å². The Hall–Kier alpha value is -0.900. The van der Waals surface area contributed by atoms with Crippen molar-refractivity contribution < 1.29 is 9.21 Å². The van der Waals surface area contributed by atoms with E-state index < -0.39 is 0 Å². The summed E-state index contributed by atoms with van der Waals surface area (Å²) in [5.41, 5.74) is 0. The second-order valence-corrected chi connectivity index (χ2v) is 7.90. The Morgan fingerprint density at radius 2 is 2.09 bits per heavy atom. The van der Waals surface area contributed by atoms with Crippen molar-refractivity contribution in [2.75, 3.05) is 18.8 Å². The molecule has 1 aromatic rings. The van der Waals surface area contributed by atoms with Crippen LogP contribution in [-0.2, 0) is 4.79 Å². The molecule has 1 aromatic heterocycles. The van der Waals surface area contributed by atoms with E-state index in [1.54, 1.807) is 6.26 Å². The van der Waals surface area contributed by atoms with E-state index in [4.69, 9.17) is 4.42 Å². The van der Waals surface area contributed by atoms with Crippen LogP contribution in [0.1, 0.15) is 62.4 Å². The average molecular weight is 321 g/mol. The molecular weight excluding hydrogens is 294 g/mol. The number of hydrogen-bond donors (Lipinski definition) is 0. The number of carbonyl (C=O) groups is 1. The van der Waals surface area contributed by atoms with Crippen LogP contribution in [0.4, 0.5) is 0 Å². The minimum atomic E-state index is 0.367. The molecular formula is C18H27NO2S. The van der Waals surface area contributed by atoms with Gasteiger partial charge in [0.1, 0.15) is 5.76 Å². The van der Waals surface area contributed by atoms with Crippen molar-refractivity contribution in [3.63, 3.8) is 0 Å². The lowest BCUT2D eigenvalue weighted by atomic mass is 9.86. The van der Waals surface area contributed by atoms with Crippen LogP contribution in [0, 0.1) is 5.92 Å². The number of furan rings is 1. The van der Waals surface area contributed by atoms with Crippen LogP contribution in [0.5, 0.6) is 0 Å². The van der Waals surface area contributed by atoms with Gasteiger partial charge in [0.2, 0.25) is 5.91 Å². The quantitative estimate of drug-likeness (QED) is 0.809. The van der Waals surface area contributed by atoms with Gasteiger partial charge in [-0.05, 0) is 30.9 Å². The van der Waals surface area contributed by atoms with Crippen molar-refractivity contribution >= 4 is 17.7 Å². The zero-order valence-corrected chi connectivity index (χ0v) is 14.2. The molecule has 1 amide bonds. The van der Waals surface area contributed by atoms with Gasteiger partial charge in [0, 0.05) is 25.3 Å². The van der Waals surface area contributed by atoms with Gasteiger partial charge in [-0.2, -0.15) is 0 Å². The first-order valence-electron chi connectivity index (χ1n) is 8.75. The maximum atomic E-state index is 12.5. The summed E-state index contributed by atoms with van der Waals surface area (Å²) >= 11 is 1.92. The maximum Gasteiger partial charge on any atom is 0.222 e.